The molecule has 0 radical (unpaired) electrons. The Morgan fingerprint density at radius 3 is 1.86 bits per heavy atom. The number of aromatic nitrogens is 2. The van der Waals surface area contributed by atoms with E-state index in [4.69, 9.17) is 9.72 Å². The van der Waals surface area contributed by atoms with Gasteiger partial charge in [0.25, 0.3) is 0 Å². The average Bonchev–Trinajstić information content (AvgIpc) is 3.59. The van der Waals surface area contributed by atoms with Crippen LogP contribution in [0.5, 0.6) is 0 Å². The number of nitrogens with one attached hydrogen (secondary N) is 1. The second kappa shape index (κ2) is 16.0. The first-order valence-electron chi connectivity index (χ1n) is 17.9. The lowest BCUT2D eigenvalue weighted by Gasteiger charge is -2.40. The van der Waals surface area contributed by atoms with Gasteiger partial charge in [-0.05, 0) is 49.4 Å². The number of carbonyl (C=O) groups excluding carboxylic acids is 2. The van der Waals surface area contributed by atoms with Crippen LogP contribution in [0.2, 0.25) is 0 Å². The van der Waals surface area contributed by atoms with Gasteiger partial charge in [0.15, 0.2) is 0 Å². The van der Waals surface area contributed by atoms with Crippen molar-refractivity contribution in [3.63, 3.8) is 0 Å². The fourth-order valence-electron chi connectivity index (χ4n) is 6.98. The number of alkyl carbamates (subject to hydrolysis) is 1. The highest BCUT2D eigenvalue weighted by atomic mass is 32.2. The molecule has 2 amide bonds. The third-order valence-corrected chi connectivity index (χ3v) is 10.9. The van der Waals surface area contributed by atoms with Gasteiger partial charge in [0.1, 0.15) is 17.5 Å². The number of benzene rings is 4. The number of carbonyl (C=O) groups is 2. The minimum atomic E-state index is -0.861. The summed E-state index contributed by atoms with van der Waals surface area (Å²) in [7, 11) is 0. The van der Waals surface area contributed by atoms with Gasteiger partial charge >= 0.3 is 6.09 Å². The van der Waals surface area contributed by atoms with E-state index < -0.39 is 22.5 Å². The number of amides is 2. The van der Waals surface area contributed by atoms with Crippen LogP contribution < -0.4 is 5.32 Å². The van der Waals surface area contributed by atoms with E-state index in [9.17, 15) is 9.59 Å². The van der Waals surface area contributed by atoms with Gasteiger partial charge in [0, 0.05) is 18.8 Å². The fourth-order valence-corrected chi connectivity index (χ4v) is 8.53. The van der Waals surface area contributed by atoms with E-state index in [0.717, 1.165) is 53.0 Å². The van der Waals surface area contributed by atoms with Crippen molar-refractivity contribution in [3.8, 4) is 11.3 Å². The normalized spacial score (nSPS) is 15.1. The van der Waals surface area contributed by atoms with Gasteiger partial charge in [-0.25, -0.2) is 9.78 Å². The largest absolute Gasteiger partial charge is 0.444 e. The molecule has 7 nitrogen and oxygen atoms in total. The molecule has 2 atom stereocenters. The molecule has 1 aliphatic heterocycles. The molecule has 1 N–H and O–H groups in total. The number of hydrogen-bond acceptors (Lipinski definition) is 5. The first kappa shape index (κ1) is 36.0. The number of thioether (sulfide) groups is 1. The minimum Gasteiger partial charge on any atom is -0.444 e. The lowest BCUT2D eigenvalue weighted by molar-refractivity contribution is -0.137. The molecule has 1 unspecified atom stereocenters. The Morgan fingerprint density at radius 2 is 1.35 bits per heavy atom. The van der Waals surface area contributed by atoms with Gasteiger partial charge in [-0.3, -0.25) is 4.79 Å². The van der Waals surface area contributed by atoms with Gasteiger partial charge in [-0.2, -0.15) is 0 Å². The van der Waals surface area contributed by atoms with Crippen LogP contribution in [0.25, 0.3) is 11.3 Å². The SMILES string of the molecule is CCCCC1c2ncc(-c3ccccc3)n2CCN1C(=O)[C@H](CSC(c1ccccc1)(c1ccccc1)c1ccccc1)NC(=O)OC(C)(C)C. The van der Waals surface area contributed by atoms with E-state index >= 15 is 0 Å². The number of ether oxygens (including phenoxy) is 1. The van der Waals surface area contributed by atoms with E-state index in [1.807, 2.05) is 68.3 Å². The molecular formula is C43H48N4O3S. The summed E-state index contributed by atoms with van der Waals surface area (Å²) in [5, 5.41) is 3.03. The van der Waals surface area contributed by atoms with Gasteiger partial charge in [-0.15, -0.1) is 11.8 Å². The molecule has 0 fully saturated rings. The quantitative estimate of drug-likeness (QED) is 0.131. The first-order valence-corrected chi connectivity index (χ1v) is 18.9. The molecule has 0 saturated heterocycles. The van der Waals surface area contributed by atoms with Crippen LogP contribution in [0.1, 0.15) is 75.5 Å². The molecule has 6 rings (SSSR count). The fraction of sp³-hybridized carbons (Fsp3) is 0.326. The maximum absolute atomic E-state index is 15.0. The Labute approximate surface area is 306 Å². The number of unbranched alkanes of at least 4 members (excludes halogenated alkanes) is 1. The Balaban J connectivity index is 1.39. The monoisotopic (exact) mass is 700 g/mol. The van der Waals surface area contributed by atoms with Crippen molar-refractivity contribution in [2.45, 2.75) is 75.9 Å². The van der Waals surface area contributed by atoms with E-state index in [1.165, 1.54) is 0 Å². The molecule has 0 saturated carbocycles. The Bertz CT molecular complexity index is 1780. The van der Waals surface area contributed by atoms with Crippen LogP contribution in [0.3, 0.4) is 0 Å². The summed E-state index contributed by atoms with van der Waals surface area (Å²) in [6.07, 6.45) is 4.04. The van der Waals surface area contributed by atoms with Crippen molar-refractivity contribution in [2.75, 3.05) is 12.3 Å². The minimum absolute atomic E-state index is 0.131. The van der Waals surface area contributed by atoms with Gasteiger partial charge in [0.2, 0.25) is 5.91 Å². The molecule has 0 bridgehead atoms. The number of imidazole rings is 1. The second-order valence-corrected chi connectivity index (χ2v) is 15.2. The lowest BCUT2D eigenvalue weighted by Crippen LogP contribution is -2.54. The molecule has 8 heteroatoms. The highest BCUT2D eigenvalue weighted by molar-refractivity contribution is 8.00. The van der Waals surface area contributed by atoms with Crippen LogP contribution in [-0.4, -0.2) is 50.4 Å². The summed E-state index contributed by atoms with van der Waals surface area (Å²) in [4.78, 5) is 35.3. The summed E-state index contributed by atoms with van der Waals surface area (Å²) in [5.74, 6) is 1.06. The van der Waals surface area contributed by atoms with Crippen LogP contribution in [-0.2, 0) is 20.8 Å². The molecule has 5 aromatic rings. The van der Waals surface area contributed by atoms with E-state index in [1.54, 1.807) is 11.8 Å². The van der Waals surface area contributed by atoms with E-state index in [2.05, 4.69) is 102 Å². The summed E-state index contributed by atoms with van der Waals surface area (Å²) in [6, 6.07) is 40.4. The number of fused-ring (bicyclic) bond motifs is 1. The zero-order chi connectivity index (χ0) is 35.8. The molecule has 1 aromatic heterocycles. The van der Waals surface area contributed by atoms with Crippen molar-refractivity contribution >= 4 is 23.8 Å². The zero-order valence-corrected chi connectivity index (χ0v) is 30.8. The van der Waals surface area contributed by atoms with Gasteiger partial charge < -0.3 is 19.5 Å². The van der Waals surface area contributed by atoms with E-state index in [0.29, 0.717) is 18.8 Å². The molecule has 264 valence electrons. The molecule has 1 aliphatic rings. The number of nitrogens with zero attached hydrogens (tertiary/aromatic N) is 3. The Kier molecular flexibility index (Phi) is 11.3. The molecule has 51 heavy (non-hydrogen) atoms. The zero-order valence-electron chi connectivity index (χ0n) is 30.0. The lowest BCUT2D eigenvalue weighted by atomic mass is 9.84. The molecule has 2 heterocycles. The summed E-state index contributed by atoms with van der Waals surface area (Å²) in [6.45, 7) is 8.78. The molecular weight excluding hydrogens is 653 g/mol. The Morgan fingerprint density at radius 1 is 0.824 bits per heavy atom. The van der Waals surface area contributed by atoms with Crippen LogP contribution in [0.15, 0.2) is 128 Å². The van der Waals surface area contributed by atoms with Gasteiger partial charge in [-0.1, -0.05) is 141 Å². The Hall–Kier alpha value is -4.82. The predicted octanol–water partition coefficient (Wildman–Crippen LogP) is 9.24. The molecule has 0 spiro atoms. The third-order valence-electron chi connectivity index (χ3n) is 9.31. The molecule has 4 aromatic carbocycles. The maximum atomic E-state index is 15.0. The number of hydrogen-bond donors (Lipinski definition) is 1. The smallest absolute Gasteiger partial charge is 0.408 e. The highest BCUT2D eigenvalue weighted by Gasteiger charge is 2.41. The first-order chi connectivity index (χ1) is 24.7. The van der Waals surface area contributed by atoms with Crippen molar-refractivity contribution in [1.29, 1.82) is 0 Å². The maximum Gasteiger partial charge on any atom is 0.408 e. The summed E-state index contributed by atoms with van der Waals surface area (Å²) in [5.41, 5.74) is 4.70. The summed E-state index contributed by atoms with van der Waals surface area (Å²) >= 11 is 1.66. The van der Waals surface area contributed by atoms with Crippen LogP contribution in [0, 0.1) is 0 Å². The standard InChI is InChI=1S/C43H48N4O3S/c1-5-6-27-37-39-44-30-38(32-19-11-7-12-20-32)46(39)28-29-47(37)40(48)36(45-41(49)50-42(2,3)4)31-51-43(33-21-13-8-14-22-33,34-23-15-9-16-24-34)35-25-17-10-18-26-35/h7-26,30,36-37H,5-6,27-29,31H2,1-4H3,(H,45,49)/t36-,37?/m0/s1. The van der Waals surface area contributed by atoms with Crippen LogP contribution >= 0.6 is 11.8 Å². The number of rotatable bonds is 12. The second-order valence-electron chi connectivity index (χ2n) is 14.0. The van der Waals surface area contributed by atoms with E-state index in [-0.39, 0.29) is 11.9 Å². The third kappa shape index (κ3) is 8.07. The molecule has 0 aliphatic carbocycles. The van der Waals surface area contributed by atoms with Crippen molar-refractivity contribution in [1.82, 2.24) is 19.8 Å². The summed E-state index contributed by atoms with van der Waals surface area (Å²) < 4.78 is 7.34. The average molecular weight is 701 g/mol. The van der Waals surface area contributed by atoms with Gasteiger partial charge in [0.05, 0.1) is 22.7 Å². The van der Waals surface area contributed by atoms with Crippen molar-refractivity contribution in [2.24, 2.45) is 0 Å². The highest BCUT2D eigenvalue weighted by Crippen LogP contribution is 2.49. The van der Waals surface area contributed by atoms with Crippen molar-refractivity contribution in [3.05, 3.63) is 150 Å². The van der Waals surface area contributed by atoms with Crippen molar-refractivity contribution < 1.29 is 14.3 Å². The predicted molar refractivity (Wildman–Crippen MR) is 206 cm³/mol. The topological polar surface area (TPSA) is 76.5 Å². The van der Waals surface area contributed by atoms with Crippen LogP contribution in [0.4, 0.5) is 4.79 Å².